The van der Waals surface area contributed by atoms with Crippen LogP contribution in [0.4, 0.5) is 4.39 Å². The lowest BCUT2D eigenvalue weighted by molar-refractivity contribution is 0.170. The molecule has 2 aromatic rings. The number of rotatable bonds is 9. The fraction of sp³-hybridized carbons (Fsp3) is 0.500. The van der Waals surface area contributed by atoms with Crippen LogP contribution in [0.5, 0.6) is 0 Å². The van der Waals surface area contributed by atoms with Gasteiger partial charge in [0, 0.05) is 18.5 Å². The van der Waals surface area contributed by atoms with Crippen molar-refractivity contribution in [2.75, 3.05) is 6.54 Å². The summed E-state index contributed by atoms with van der Waals surface area (Å²) >= 11 is 0. The number of halogens is 1. The molecule has 0 heterocycles. The van der Waals surface area contributed by atoms with Gasteiger partial charge < -0.3 is 0 Å². The van der Waals surface area contributed by atoms with E-state index in [1.807, 2.05) is 0 Å². The Labute approximate surface area is 158 Å². The Morgan fingerprint density at radius 2 is 1.69 bits per heavy atom. The molecule has 0 radical (unpaired) electrons. The van der Waals surface area contributed by atoms with Crippen LogP contribution in [0, 0.1) is 0 Å². The number of hydrogen-bond donors (Lipinski definition) is 0. The Hall–Kier alpha value is -1.67. The molecule has 140 valence electrons. The van der Waals surface area contributed by atoms with Crippen LogP contribution in [0.3, 0.4) is 0 Å². The highest BCUT2D eigenvalue weighted by atomic mass is 19.1. The highest BCUT2D eigenvalue weighted by Gasteiger charge is 2.31. The molecule has 1 fully saturated rings. The molecule has 0 amide bonds. The Morgan fingerprint density at radius 3 is 2.23 bits per heavy atom. The van der Waals surface area contributed by atoms with Crippen molar-refractivity contribution in [3.63, 3.8) is 0 Å². The number of nitrogens with zero attached hydrogens (tertiary/aromatic N) is 1. The average molecular weight is 354 g/mol. The lowest BCUT2D eigenvalue weighted by atomic mass is 9.78. The van der Waals surface area contributed by atoms with Crippen molar-refractivity contribution in [3.8, 4) is 0 Å². The molecule has 0 bridgehead atoms. The van der Waals surface area contributed by atoms with Gasteiger partial charge in [-0.25, -0.2) is 4.39 Å². The molecule has 3 atom stereocenters. The minimum Gasteiger partial charge on any atom is -0.296 e. The summed E-state index contributed by atoms with van der Waals surface area (Å²) < 4.78 is 13.6. The van der Waals surface area contributed by atoms with Crippen LogP contribution in [0.2, 0.25) is 0 Å². The standard InChI is InChI=1S/C24H32FN/c1-3-22(26(4-2)18-20-8-6-5-7-9-20)15-12-19-10-13-21(14-11-19)23-16-17-24(23)25/h5-11,13-14,22-24H,3-4,12,15-18H2,1-2H3. The van der Waals surface area contributed by atoms with Crippen molar-refractivity contribution in [2.45, 2.75) is 70.6 Å². The summed E-state index contributed by atoms with van der Waals surface area (Å²) in [6.07, 6.45) is 4.55. The van der Waals surface area contributed by atoms with Crippen LogP contribution in [0.15, 0.2) is 54.6 Å². The molecule has 3 unspecified atom stereocenters. The summed E-state index contributed by atoms with van der Waals surface area (Å²) in [7, 11) is 0. The zero-order valence-corrected chi connectivity index (χ0v) is 16.2. The summed E-state index contributed by atoms with van der Waals surface area (Å²) in [5, 5.41) is 0. The van der Waals surface area contributed by atoms with Crippen molar-refractivity contribution in [1.82, 2.24) is 4.90 Å². The van der Waals surface area contributed by atoms with Gasteiger partial charge in [-0.05, 0) is 55.3 Å². The molecule has 1 nitrogen and oxygen atoms in total. The van der Waals surface area contributed by atoms with Gasteiger partial charge in [-0.3, -0.25) is 4.90 Å². The van der Waals surface area contributed by atoms with Crippen LogP contribution >= 0.6 is 0 Å². The van der Waals surface area contributed by atoms with Crippen LogP contribution in [-0.2, 0) is 13.0 Å². The second kappa shape index (κ2) is 9.32. The first-order valence-electron chi connectivity index (χ1n) is 10.2. The largest absolute Gasteiger partial charge is 0.296 e. The lowest BCUT2D eigenvalue weighted by Gasteiger charge is -2.31. The summed E-state index contributed by atoms with van der Waals surface area (Å²) in [5.41, 5.74) is 3.94. The van der Waals surface area contributed by atoms with Gasteiger partial charge in [0.1, 0.15) is 6.17 Å². The molecule has 1 saturated carbocycles. The summed E-state index contributed by atoms with van der Waals surface area (Å²) in [6, 6.07) is 20.1. The highest BCUT2D eigenvalue weighted by molar-refractivity contribution is 5.28. The molecule has 0 spiro atoms. The van der Waals surface area contributed by atoms with E-state index >= 15 is 0 Å². The van der Waals surface area contributed by atoms with Gasteiger partial charge in [0.25, 0.3) is 0 Å². The van der Waals surface area contributed by atoms with Gasteiger partial charge in [0.05, 0.1) is 0 Å². The summed E-state index contributed by atoms with van der Waals surface area (Å²) in [4.78, 5) is 2.59. The van der Waals surface area contributed by atoms with Crippen LogP contribution in [0.1, 0.15) is 62.1 Å². The van der Waals surface area contributed by atoms with Gasteiger partial charge in [-0.2, -0.15) is 0 Å². The minimum atomic E-state index is -0.624. The second-order valence-electron chi connectivity index (χ2n) is 7.59. The first kappa shape index (κ1) is 19.1. The van der Waals surface area contributed by atoms with E-state index < -0.39 is 6.17 Å². The van der Waals surface area contributed by atoms with E-state index in [1.165, 1.54) is 29.5 Å². The molecular weight excluding hydrogens is 321 g/mol. The minimum absolute atomic E-state index is 0.147. The van der Waals surface area contributed by atoms with E-state index in [1.54, 1.807) is 0 Å². The molecule has 1 aliphatic carbocycles. The molecule has 0 saturated heterocycles. The molecule has 26 heavy (non-hydrogen) atoms. The molecule has 2 aromatic carbocycles. The van der Waals surface area contributed by atoms with Gasteiger partial charge in [-0.15, -0.1) is 0 Å². The van der Waals surface area contributed by atoms with Gasteiger partial charge in [0.2, 0.25) is 0 Å². The van der Waals surface area contributed by atoms with Gasteiger partial charge >= 0.3 is 0 Å². The lowest BCUT2D eigenvalue weighted by Crippen LogP contribution is -2.34. The average Bonchev–Trinajstić information content (AvgIpc) is 2.68. The van der Waals surface area contributed by atoms with Crippen molar-refractivity contribution in [1.29, 1.82) is 0 Å². The third-order valence-corrected chi connectivity index (χ3v) is 5.99. The van der Waals surface area contributed by atoms with Gasteiger partial charge in [-0.1, -0.05) is 68.4 Å². The van der Waals surface area contributed by atoms with Gasteiger partial charge in [0.15, 0.2) is 0 Å². The van der Waals surface area contributed by atoms with Crippen molar-refractivity contribution in [2.24, 2.45) is 0 Å². The topological polar surface area (TPSA) is 3.24 Å². The number of benzene rings is 2. The Kier molecular flexibility index (Phi) is 6.85. The van der Waals surface area contributed by atoms with Crippen molar-refractivity contribution < 1.29 is 4.39 Å². The predicted molar refractivity (Wildman–Crippen MR) is 108 cm³/mol. The molecule has 0 aliphatic heterocycles. The third kappa shape index (κ3) is 4.73. The zero-order valence-electron chi connectivity index (χ0n) is 16.2. The molecular formula is C24H32FN. The van der Waals surface area contributed by atoms with Crippen molar-refractivity contribution in [3.05, 3.63) is 71.3 Å². The van der Waals surface area contributed by atoms with E-state index in [4.69, 9.17) is 0 Å². The predicted octanol–water partition coefficient (Wildman–Crippen LogP) is 6.14. The molecule has 0 N–H and O–H groups in total. The van der Waals surface area contributed by atoms with E-state index in [0.29, 0.717) is 6.04 Å². The quantitative estimate of drug-likeness (QED) is 0.524. The summed E-state index contributed by atoms with van der Waals surface area (Å²) in [6.45, 7) is 6.64. The maximum Gasteiger partial charge on any atom is 0.107 e. The van der Waals surface area contributed by atoms with Crippen molar-refractivity contribution >= 4 is 0 Å². The first-order valence-corrected chi connectivity index (χ1v) is 10.2. The second-order valence-corrected chi connectivity index (χ2v) is 7.59. The highest BCUT2D eigenvalue weighted by Crippen LogP contribution is 2.39. The molecule has 0 aromatic heterocycles. The van der Waals surface area contributed by atoms with E-state index in [0.717, 1.165) is 32.4 Å². The number of aryl methyl sites for hydroxylation is 1. The fourth-order valence-electron chi connectivity index (χ4n) is 4.06. The maximum absolute atomic E-state index is 13.6. The monoisotopic (exact) mass is 353 g/mol. The molecule has 3 rings (SSSR count). The first-order chi connectivity index (χ1) is 12.7. The van der Waals surface area contributed by atoms with Crippen LogP contribution < -0.4 is 0 Å². The normalized spacial score (nSPS) is 20.8. The summed E-state index contributed by atoms with van der Waals surface area (Å²) in [5.74, 6) is 0.147. The zero-order chi connectivity index (χ0) is 18.4. The smallest absolute Gasteiger partial charge is 0.107 e. The third-order valence-electron chi connectivity index (χ3n) is 5.99. The van der Waals surface area contributed by atoms with Crippen LogP contribution in [0.25, 0.3) is 0 Å². The van der Waals surface area contributed by atoms with E-state index in [2.05, 4.69) is 73.3 Å². The molecule has 1 aliphatic rings. The van der Waals surface area contributed by atoms with Crippen LogP contribution in [-0.4, -0.2) is 23.7 Å². The molecule has 2 heteroatoms. The SMILES string of the molecule is CCC(CCc1ccc(C2CCC2F)cc1)N(CC)Cc1ccccc1. The Morgan fingerprint density at radius 1 is 0.962 bits per heavy atom. The maximum atomic E-state index is 13.6. The van der Waals surface area contributed by atoms with E-state index in [9.17, 15) is 4.39 Å². The van der Waals surface area contributed by atoms with E-state index in [-0.39, 0.29) is 5.92 Å². The fourth-order valence-corrected chi connectivity index (χ4v) is 4.06. The number of hydrogen-bond acceptors (Lipinski definition) is 1. The number of alkyl halides is 1. The Balaban J connectivity index is 1.55. The Bertz CT molecular complexity index is 652.